The molecule has 0 spiro atoms. The van der Waals surface area contributed by atoms with Crippen molar-refractivity contribution in [2.45, 2.75) is 354 Å². The fourth-order valence-electron chi connectivity index (χ4n) is 10.1. The average Bonchev–Trinajstić information content (AvgIpc) is 3.39. The third kappa shape index (κ3) is 59.7. The monoisotopic (exact) mass is 1080 g/mol. The molecule has 0 fully saturated rings. The van der Waals surface area contributed by atoms with Crippen LogP contribution in [0.3, 0.4) is 0 Å². The Morgan fingerprint density at radius 2 is 0.671 bits per heavy atom. The van der Waals surface area contributed by atoms with E-state index in [0.29, 0.717) is 17.4 Å². The summed E-state index contributed by atoms with van der Waals surface area (Å²) in [5.41, 5.74) is 0. The summed E-state index contributed by atoms with van der Waals surface area (Å²) in [5.74, 6) is -2.25. The van der Waals surface area contributed by atoms with Gasteiger partial charge in [-0.2, -0.15) is 0 Å². The van der Waals surface area contributed by atoms with Gasteiger partial charge in [-0.15, -0.1) is 0 Å². The Morgan fingerprint density at radius 1 is 0.382 bits per heavy atom. The first-order valence-electron chi connectivity index (χ1n) is 33.3. The van der Waals surface area contributed by atoms with E-state index in [0.717, 1.165) is 38.5 Å². The number of hydrogen-bond acceptors (Lipinski definition) is 8. The number of carboxylic acids is 1. The van der Waals surface area contributed by atoms with Gasteiger partial charge in [-0.1, -0.05) is 302 Å². The number of likely N-dealkylation sites (N-methyl/N-ethyl adjacent to an activating group) is 1. The Morgan fingerprint density at radius 3 is 0.974 bits per heavy atom. The zero-order valence-electron chi connectivity index (χ0n) is 51.4. The van der Waals surface area contributed by atoms with Crippen LogP contribution in [0.2, 0.25) is 0 Å². The lowest BCUT2D eigenvalue weighted by Gasteiger charge is -2.26. The molecule has 0 heterocycles. The van der Waals surface area contributed by atoms with Crippen molar-refractivity contribution in [1.29, 1.82) is 0 Å². The van der Waals surface area contributed by atoms with Crippen LogP contribution in [0.5, 0.6) is 0 Å². The van der Waals surface area contributed by atoms with Crippen LogP contribution in [0, 0.1) is 0 Å². The summed E-state index contributed by atoms with van der Waals surface area (Å²) >= 11 is 0. The molecule has 9 nitrogen and oxygen atoms in total. The smallest absolute Gasteiger partial charge is 0.306 e. The molecule has 0 aromatic carbocycles. The molecule has 0 N–H and O–H groups in total. The van der Waals surface area contributed by atoms with Gasteiger partial charge in [-0.05, 0) is 38.5 Å². The van der Waals surface area contributed by atoms with Crippen molar-refractivity contribution in [2.24, 2.45) is 0 Å². The summed E-state index contributed by atoms with van der Waals surface area (Å²) in [6.07, 6.45) is 67.2. The fourth-order valence-corrected chi connectivity index (χ4v) is 10.1. The lowest BCUT2D eigenvalue weighted by atomic mass is 10.0. The maximum atomic E-state index is 12.9. The number of esters is 2. The Hall–Kier alpha value is -1.97. The number of aliphatic carboxylic acids is 1. The van der Waals surface area contributed by atoms with Gasteiger partial charge in [0.15, 0.2) is 12.4 Å². The first-order valence-corrected chi connectivity index (χ1v) is 33.3. The first-order chi connectivity index (χ1) is 37.1. The molecule has 0 rings (SSSR count). The Bertz CT molecular complexity index is 1250. The summed E-state index contributed by atoms with van der Waals surface area (Å²) in [6, 6.07) is 0. The van der Waals surface area contributed by atoms with Crippen LogP contribution in [-0.2, 0) is 33.3 Å². The number of nitrogens with zero attached hydrogens (tertiary/aromatic N) is 1. The van der Waals surface area contributed by atoms with Crippen LogP contribution in [0.25, 0.3) is 0 Å². The standard InChI is InChI=1S/C67H129NO8/c1-6-8-10-12-14-16-18-20-22-24-26-27-28-29-30-31-32-33-34-35-36-37-38-39-40-42-44-46-48-50-52-54-56-58-65(70)76-63(62-75-67(66(71)72)73-60-59-68(3,4)5)61-74-64(69)57-55-53-51-49-47-45-43-41-25-23-21-19-17-15-13-11-9-7-2/h24,26,63,67H,6-23,25,27-62H2,1-5H3/b26-24-. The van der Waals surface area contributed by atoms with E-state index in [2.05, 4.69) is 26.0 Å². The van der Waals surface area contributed by atoms with Gasteiger partial charge in [-0.3, -0.25) is 9.59 Å². The molecule has 0 amide bonds. The maximum Gasteiger partial charge on any atom is 0.306 e. The molecule has 9 heteroatoms. The highest BCUT2D eigenvalue weighted by molar-refractivity contribution is 5.70. The van der Waals surface area contributed by atoms with Crippen LogP contribution in [-0.4, -0.2) is 82.3 Å². The predicted octanol–water partition coefficient (Wildman–Crippen LogP) is 18.7. The minimum absolute atomic E-state index is 0.153. The third-order valence-corrected chi connectivity index (χ3v) is 15.3. The van der Waals surface area contributed by atoms with E-state index in [1.54, 1.807) is 0 Å². The molecule has 450 valence electrons. The molecule has 2 unspecified atom stereocenters. The maximum absolute atomic E-state index is 12.9. The molecule has 0 aromatic heterocycles. The number of ether oxygens (including phenoxy) is 4. The summed E-state index contributed by atoms with van der Waals surface area (Å²) in [5, 5.41) is 11.8. The van der Waals surface area contributed by atoms with Gasteiger partial charge in [0.05, 0.1) is 40.3 Å². The van der Waals surface area contributed by atoms with Crippen LogP contribution in [0.4, 0.5) is 0 Å². The molecular weight excluding hydrogens is 947 g/mol. The number of quaternary nitrogens is 1. The molecule has 0 aliphatic heterocycles. The number of carbonyl (C=O) groups excluding carboxylic acids is 3. The van der Waals surface area contributed by atoms with Crippen LogP contribution >= 0.6 is 0 Å². The average molecular weight is 1080 g/mol. The van der Waals surface area contributed by atoms with Crippen LogP contribution in [0.1, 0.15) is 341 Å². The topological polar surface area (TPSA) is 111 Å². The van der Waals surface area contributed by atoms with Gasteiger partial charge in [0, 0.05) is 12.8 Å². The molecule has 0 aliphatic carbocycles. The summed E-state index contributed by atoms with van der Waals surface area (Å²) in [6.45, 7) is 4.82. The van der Waals surface area contributed by atoms with E-state index in [4.69, 9.17) is 18.9 Å². The van der Waals surface area contributed by atoms with Crippen LogP contribution < -0.4 is 5.11 Å². The second-order valence-corrected chi connectivity index (χ2v) is 24.1. The highest BCUT2D eigenvalue weighted by atomic mass is 16.7. The second-order valence-electron chi connectivity index (χ2n) is 24.1. The molecule has 0 aromatic rings. The lowest BCUT2D eigenvalue weighted by molar-refractivity contribution is -0.870. The van der Waals surface area contributed by atoms with E-state index >= 15 is 0 Å². The molecule has 0 saturated carbocycles. The summed E-state index contributed by atoms with van der Waals surface area (Å²) in [4.78, 5) is 37.4. The number of allylic oxidation sites excluding steroid dienone is 2. The van der Waals surface area contributed by atoms with E-state index in [1.807, 2.05) is 21.1 Å². The fraction of sp³-hybridized carbons (Fsp3) is 0.925. The molecule has 0 saturated heterocycles. The van der Waals surface area contributed by atoms with Gasteiger partial charge < -0.3 is 33.3 Å². The first kappa shape index (κ1) is 74.0. The lowest BCUT2D eigenvalue weighted by Crippen LogP contribution is -2.44. The summed E-state index contributed by atoms with van der Waals surface area (Å²) < 4.78 is 22.8. The largest absolute Gasteiger partial charge is 0.545 e. The van der Waals surface area contributed by atoms with Crippen molar-refractivity contribution in [1.82, 2.24) is 0 Å². The van der Waals surface area contributed by atoms with E-state index in [9.17, 15) is 19.5 Å². The van der Waals surface area contributed by atoms with Crippen molar-refractivity contribution in [2.75, 3.05) is 47.5 Å². The minimum Gasteiger partial charge on any atom is -0.545 e. The zero-order chi connectivity index (χ0) is 55.5. The molecule has 0 radical (unpaired) electrons. The number of hydrogen-bond donors (Lipinski definition) is 0. The second kappa shape index (κ2) is 59.2. The number of carboxylic acid groups (broad SMARTS) is 1. The number of rotatable bonds is 63. The third-order valence-electron chi connectivity index (χ3n) is 15.3. The van der Waals surface area contributed by atoms with Gasteiger partial charge in [0.25, 0.3) is 0 Å². The van der Waals surface area contributed by atoms with Crippen molar-refractivity contribution in [3.05, 3.63) is 12.2 Å². The predicted molar refractivity (Wildman–Crippen MR) is 320 cm³/mol. The quantitative estimate of drug-likeness (QED) is 0.0195. The van der Waals surface area contributed by atoms with Crippen molar-refractivity contribution < 1.29 is 42.9 Å². The van der Waals surface area contributed by atoms with Crippen molar-refractivity contribution in [3.8, 4) is 0 Å². The summed E-state index contributed by atoms with van der Waals surface area (Å²) in [7, 11) is 5.94. The molecular formula is C67H129NO8. The van der Waals surface area contributed by atoms with E-state index < -0.39 is 24.3 Å². The molecule has 2 atom stereocenters. The Balaban J connectivity index is 4.03. The number of unbranched alkanes of at least 4 members (excludes halogenated alkanes) is 46. The molecule has 76 heavy (non-hydrogen) atoms. The van der Waals surface area contributed by atoms with Crippen LogP contribution in [0.15, 0.2) is 12.2 Å². The molecule has 0 aliphatic rings. The highest BCUT2D eigenvalue weighted by Crippen LogP contribution is 2.19. The Kier molecular flexibility index (Phi) is 57.6. The van der Waals surface area contributed by atoms with E-state index in [1.165, 1.54) is 276 Å². The SMILES string of the molecule is CCCCCCCCCC/C=C\CCCCCCCCCCCCCCCCCCCCCCCC(=O)OC(COC(=O)CCCCCCCCCCCCCCCCCCCC)COC(OCC[N+](C)(C)C)C(=O)[O-]. The highest BCUT2D eigenvalue weighted by Gasteiger charge is 2.22. The number of carbonyl (C=O) groups is 3. The van der Waals surface area contributed by atoms with E-state index in [-0.39, 0.29) is 32.2 Å². The van der Waals surface area contributed by atoms with Crippen molar-refractivity contribution >= 4 is 17.9 Å². The van der Waals surface area contributed by atoms with Gasteiger partial charge in [-0.25, -0.2) is 0 Å². The minimum atomic E-state index is -1.62. The van der Waals surface area contributed by atoms with Gasteiger partial charge >= 0.3 is 11.9 Å². The normalized spacial score (nSPS) is 12.7. The van der Waals surface area contributed by atoms with Crippen molar-refractivity contribution in [3.63, 3.8) is 0 Å². The van der Waals surface area contributed by atoms with Gasteiger partial charge in [0.2, 0.25) is 0 Å². The Labute approximate surface area is 472 Å². The molecule has 0 bridgehead atoms. The van der Waals surface area contributed by atoms with Gasteiger partial charge in [0.1, 0.15) is 13.2 Å². The zero-order valence-corrected chi connectivity index (χ0v) is 51.4.